The Morgan fingerprint density at radius 2 is 0.683 bits per heavy atom. The van der Waals surface area contributed by atoms with E-state index in [1.165, 1.54) is 218 Å². The summed E-state index contributed by atoms with van der Waals surface area (Å²) in [5.41, 5.74) is 0. The highest BCUT2D eigenvalue weighted by molar-refractivity contribution is 5.76. The van der Waals surface area contributed by atoms with Crippen LogP contribution < -0.4 is 5.32 Å². The topological polar surface area (TPSA) is 95.9 Å². The Balaban J connectivity index is 3.46. The van der Waals surface area contributed by atoms with Crippen molar-refractivity contribution in [2.75, 3.05) is 13.2 Å². The van der Waals surface area contributed by atoms with E-state index in [1.807, 2.05) is 0 Å². The van der Waals surface area contributed by atoms with Gasteiger partial charge in [-0.25, -0.2) is 0 Å². The summed E-state index contributed by atoms with van der Waals surface area (Å²) in [5, 5.41) is 23.3. The molecular weight excluding hydrogens is 743 g/mol. The van der Waals surface area contributed by atoms with Gasteiger partial charge in [0.25, 0.3) is 0 Å². The van der Waals surface area contributed by atoms with Gasteiger partial charge in [0.05, 0.1) is 25.4 Å². The van der Waals surface area contributed by atoms with Gasteiger partial charge in [-0.2, -0.15) is 0 Å². The summed E-state index contributed by atoms with van der Waals surface area (Å²) in [6.07, 6.45) is 56.5. The number of carbonyl (C=O) groups is 2. The lowest BCUT2D eigenvalue weighted by Crippen LogP contribution is -2.45. The van der Waals surface area contributed by atoms with E-state index in [9.17, 15) is 19.8 Å². The lowest BCUT2D eigenvalue weighted by molar-refractivity contribution is -0.143. The molecule has 0 saturated heterocycles. The van der Waals surface area contributed by atoms with Crippen LogP contribution in [0.5, 0.6) is 0 Å². The second-order valence-corrected chi connectivity index (χ2v) is 18.9. The molecule has 0 heterocycles. The normalized spacial score (nSPS) is 12.5. The standard InChI is InChI=1S/C54H107NO5/c1-3-5-7-9-11-13-15-16-17-18-19-20-21-22-23-24-25-26-28-30-34-38-42-46-52(57)51(50-56)55-53(58)47-43-39-35-31-29-33-37-41-45-49-60-54(59)48-44-40-36-32-27-14-12-10-8-6-4-2/h51-52,56-57H,3-50H2,1-2H3,(H,55,58). The van der Waals surface area contributed by atoms with Crippen LogP contribution >= 0.6 is 0 Å². The fraction of sp³-hybridized carbons (Fsp3) is 0.963. The monoisotopic (exact) mass is 850 g/mol. The molecule has 0 aromatic heterocycles. The first-order valence-electron chi connectivity index (χ1n) is 27.3. The van der Waals surface area contributed by atoms with Crippen molar-refractivity contribution < 1.29 is 24.5 Å². The highest BCUT2D eigenvalue weighted by Gasteiger charge is 2.20. The average molecular weight is 850 g/mol. The first-order chi connectivity index (χ1) is 29.5. The second kappa shape index (κ2) is 50.5. The van der Waals surface area contributed by atoms with Crippen LogP contribution in [-0.2, 0) is 14.3 Å². The molecule has 0 bridgehead atoms. The van der Waals surface area contributed by atoms with Gasteiger partial charge in [-0.1, -0.05) is 271 Å². The number of unbranched alkanes of at least 4 members (excludes halogenated alkanes) is 40. The highest BCUT2D eigenvalue weighted by atomic mass is 16.5. The van der Waals surface area contributed by atoms with Crippen LogP contribution in [0.2, 0.25) is 0 Å². The second-order valence-electron chi connectivity index (χ2n) is 18.9. The molecule has 0 rings (SSSR count). The maximum Gasteiger partial charge on any atom is 0.305 e. The number of carbonyl (C=O) groups excluding carboxylic acids is 2. The number of hydrogen-bond acceptors (Lipinski definition) is 5. The van der Waals surface area contributed by atoms with Gasteiger partial charge in [-0.15, -0.1) is 0 Å². The first kappa shape index (κ1) is 58.9. The third kappa shape index (κ3) is 46.4. The van der Waals surface area contributed by atoms with E-state index in [4.69, 9.17) is 4.74 Å². The molecule has 0 aromatic carbocycles. The Morgan fingerprint density at radius 1 is 0.400 bits per heavy atom. The maximum atomic E-state index is 12.5. The van der Waals surface area contributed by atoms with E-state index in [0.717, 1.165) is 57.8 Å². The average Bonchev–Trinajstić information content (AvgIpc) is 3.25. The summed E-state index contributed by atoms with van der Waals surface area (Å²) >= 11 is 0. The lowest BCUT2D eigenvalue weighted by Gasteiger charge is -2.22. The molecule has 0 spiro atoms. The van der Waals surface area contributed by atoms with Gasteiger partial charge in [0.2, 0.25) is 5.91 Å². The van der Waals surface area contributed by atoms with Crippen LogP contribution in [0.1, 0.15) is 309 Å². The minimum Gasteiger partial charge on any atom is -0.466 e. The van der Waals surface area contributed by atoms with Gasteiger partial charge in [-0.05, 0) is 25.7 Å². The summed E-state index contributed by atoms with van der Waals surface area (Å²) in [4.78, 5) is 24.5. The number of aliphatic hydroxyl groups excluding tert-OH is 2. The largest absolute Gasteiger partial charge is 0.466 e. The van der Waals surface area contributed by atoms with Crippen molar-refractivity contribution in [2.45, 2.75) is 321 Å². The fourth-order valence-corrected chi connectivity index (χ4v) is 8.70. The molecule has 3 N–H and O–H groups in total. The van der Waals surface area contributed by atoms with E-state index in [1.54, 1.807) is 0 Å². The number of amides is 1. The minimum atomic E-state index is -0.680. The first-order valence-corrected chi connectivity index (χ1v) is 27.3. The van der Waals surface area contributed by atoms with Crippen LogP contribution in [-0.4, -0.2) is 47.4 Å². The van der Waals surface area contributed by atoms with Gasteiger partial charge >= 0.3 is 5.97 Å². The molecule has 6 heteroatoms. The molecule has 2 atom stereocenters. The zero-order chi connectivity index (χ0) is 43.7. The van der Waals surface area contributed by atoms with Crippen LogP contribution in [0.15, 0.2) is 0 Å². The van der Waals surface area contributed by atoms with Crippen molar-refractivity contribution in [2.24, 2.45) is 0 Å². The summed E-state index contributed by atoms with van der Waals surface area (Å²) in [5.74, 6) is -0.0823. The quantitative estimate of drug-likeness (QED) is 0.0418. The molecule has 2 unspecified atom stereocenters. The Morgan fingerprint density at radius 3 is 1.02 bits per heavy atom. The van der Waals surface area contributed by atoms with Crippen LogP contribution in [0, 0.1) is 0 Å². The van der Waals surface area contributed by atoms with E-state index >= 15 is 0 Å². The van der Waals surface area contributed by atoms with Gasteiger partial charge in [0.15, 0.2) is 0 Å². The third-order valence-electron chi connectivity index (χ3n) is 12.9. The van der Waals surface area contributed by atoms with Crippen molar-refractivity contribution in [3.63, 3.8) is 0 Å². The van der Waals surface area contributed by atoms with Crippen molar-refractivity contribution in [3.05, 3.63) is 0 Å². The molecule has 1 amide bonds. The molecule has 0 aliphatic carbocycles. The van der Waals surface area contributed by atoms with Crippen molar-refractivity contribution in [3.8, 4) is 0 Å². The number of esters is 1. The fourth-order valence-electron chi connectivity index (χ4n) is 8.70. The predicted octanol–water partition coefficient (Wildman–Crippen LogP) is 16.4. The third-order valence-corrected chi connectivity index (χ3v) is 12.9. The number of aliphatic hydroxyl groups is 2. The number of hydrogen-bond donors (Lipinski definition) is 3. The summed E-state index contributed by atoms with van der Waals surface area (Å²) < 4.78 is 5.44. The predicted molar refractivity (Wildman–Crippen MR) is 260 cm³/mol. The summed E-state index contributed by atoms with van der Waals surface area (Å²) in [7, 11) is 0. The van der Waals surface area contributed by atoms with E-state index < -0.39 is 12.1 Å². The Kier molecular flexibility index (Phi) is 49.5. The van der Waals surface area contributed by atoms with Crippen molar-refractivity contribution in [1.82, 2.24) is 5.32 Å². The van der Waals surface area contributed by atoms with E-state index in [0.29, 0.717) is 25.9 Å². The van der Waals surface area contributed by atoms with Gasteiger partial charge in [0, 0.05) is 12.8 Å². The SMILES string of the molecule is CCCCCCCCCCCCCCCCCCCCCCCCCC(O)C(CO)NC(=O)CCCCCCCCCCCOC(=O)CCCCCCCCCCCCC. The maximum absolute atomic E-state index is 12.5. The molecule has 358 valence electrons. The number of ether oxygens (including phenoxy) is 1. The smallest absolute Gasteiger partial charge is 0.305 e. The molecule has 0 aliphatic rings. The summed E-state index contributed by atoms with van der Waals surface area (Å²) in [6.45, 7) is 4.91. The Bertz CT molecular complexity index is 852. The van der Waals surface area contributed by atoms with Gasteiger partial charge < -0.3 is 20.3 Å². The molecule has 0 aliphatic heterocycles. The lowest BCUT2D eigenvalue weighted by atomic mass is 10.0. The zero-order valence-electron chi connectivity index (χ0n) is 40.7. The number of nitrogens with one attached hydrogen (secondary N) is 1. The Hall–Kier alpha value is -1.14. The van der Waals surface area contributed by atoms with Gasteiger partial charge in [-0.3, -0.25) is 9.59 Å². The molecule has 0 radical (unpaired) electrons. The van der Waals surface area contributed by atoms with Crippen LogP contribution in [0.3, 0.4) is 0 Å². The summed E-state index contributed by atoms with van der Waals surface area (Å²) in [6, 6.07) is -0.560. The molecule has 0 aromatic rings. The minimum absolute atomic E-state index is 0.0239. The van der Waals surface area contributed by atoms with Crippen molar-refractivity contribution >= 4 is 11.9 Å². The molecule has 0 fully saturated rings. The van der Waals surface area contributed by atoms with Crippen molar-refractivity contribution in [1.29, 1.82) is 0 Å². The number of rotatable bonds is 51. The Labute approximate surface area is 375 Å². The molecule has 60 heavy (non-hydrogen) atoms. The highest BCUT2D eigenvalue weighted by Crippen LogP contribution is 2.18. The zero-order valence-corrected chi connectivity index (χ0v) is 40.7. The van der Waals surface area contributed by atoms with E-state index in [2.05, 4.69) is 19.2 Å². The molecule has 0 saturated carbocycles. The molecule has 6 nitrogen and oxygen atoms in total. The van der Waals surface area contributed by atoms with Crippen LogP contribution in [0.4, 0.5) is 0 Å². The van der Waals surface area contributed by atoms with Crippen LogP contribution in [0.25, 0.3) is 0 Å². The van der Waals surface area contributed by atoms with Gasteiger partial charge in [0.1, 0.15) is 0 Å². The molecular formula is C54H107NO5. The van der Waals surface area contributed by atoms with E-state index in [-0.39, 0.29) is 18.5 Å².